The Morgan fingerprint density at radius 1 is 0.348 bits per heavy atom. The van der Waals surface area contributed by atoms with Gasteiger partial charge in [0.1, 0.15) is 23.0 Å². The van der Waals surface area contributed by atoms with Crippen LogP contribution in [0, 0.1) is 0 Å². The molecule has 0 atom stereocenters. The number of aromatic nitrogens is 2. The van der Waals surface area contributed by atoms with E-state index in [1.165, 1.54) is 26.2 Å². The Morgan fingerprint density at radius 3 is 1.29 bits per heavy atom. The lowest BCUT2D eigenvalue weighted by molar-refractivity contribution is 0.0692. The Bertz CT molecular complexity index is 3780. The fourth-order valence-electron chi connectivity index (χ4n) is 8.60. The van der Waals surface area contributed by atoms with Gasteiger partial charge in [0.25, 0.3) is 45.9 Å². The number of fused-ring (bicyclic) bond motifs is 4. The average Bonchev–Trinajstić information content (AvgIpc) is 3.91. The molecule has 0 radical (unpaired) electrons. The normalized spacial score (nSPS) is 13.3. The van der Waals surface area contributed by atoms with E-state index in [2.05, 4.69) is 0 Å². The number of carbonyl (C=O) groups is 4. The molecule has 14 nitrogen and oxygen atoms in total. The number of amides is 4. The third-order valence-corrected chi connectivity index (χ3v) is 12.1. The number of benzene rings is 7. The molecule has 7 aromatic carbocycles. The minimum Gasteiger partial charge on any atom is -0.457 e. The maximum atomic E-state index is 13.8. The Kier molecular flexibility index (Phi) is 8.77. The van der Waals surface area contributed by atoms with Crippen LogP contribution in [0.4, 0.5) is 5.69 Å². The van der Waals surface area contributed by atoms with Gasteiger partial charge < -0.3 is 9.47 Å². The first-order valence-corrected chi connectivity index (χ1v) is 20.5. The number of hydrogen-bond donors (Lipinski definition) is 0. The molecule has 0 fully saturated rings. The summed E-state index contributed by atoms with van der Waals surface area (Å²) in [5.41, 5.74) is 2.36. The van der Waals surface area contributed by atoms with E-state index in [0.29, 0.717) is 45.4 Å². The van der Waals surface area contributed by atoms with E-state index in [0.717, 1.165) is 30.1 Å². The summed E-state index contributed by atoms with van der Waals surface area (Å²) in [5, 5.41) is 0.262. The van der Waals surface area contributed by atoms with E-state index in [9.17, 15) is 38.4 Å². The van der Waals surface area contributed by atoms with Crippen molar-refractivity contribution >= 4 is 50.9 Å². The van der Waals surface area contributed by atoms with Crippen LogP contribution in [0.5, 0.6) is 23.0 Å². The molecular weight excluding hydrogens is 841 g/mol. The van der Waals surface area contributed by atoms with Gasteiger partial charge in [0, 0.05) is 26.2 Å². The maximum absolute atomic E-state index is 13.8. The molecule has 0 bridgehead atoms. The Labute approximate surface area is 371 Å². The fraction of sp³-hybridized carbons (Fsp3) is 0.0385. The van der Waals surface area contributed by atoms with Crippen molar-refractivity contribution < 1.29 is 28.7 Å². The zero-order valence-electron chi connectivity index (χ0n) is 34.7. The number of rotatable bonds is 8. The first-order valence-electron chi connectivity index (χ1n) is 20.5. The summed E-state index contributed by atoms with van der Waals surface area (Å²) in [4.78, 5) is 106. The molecule has 0 saturated carbocycles. The molecule has 4 amide bonds. The van der Waals surface area contributed by atoms with E-state index < -0.39 is 40.0 Å². The van der Waals surface area contributed by atoms with Crippen LogP contribution in [0.1, 0.15) is 41.4 Å². The van der Waals surface area contributed by atoms with Gasteiger partial charge in [-0.15, -0.1) is 0 Å². The molecule has 2 aliphatic heterocycles. The molecule has 14 heteroatoms. The summed E-state index contributed by atoms with van der Waals surface area (Å²) in [6, 6.07) is 40.3. The van der Waals surface area contributed by atoms with Gasteiger partial charge in [-0.2, -0.15) is 0 Å². The third-order valence-electron chi connectivity index (χ3n) is 12.1. The van der Waals surface area contributed by atoms with Crippen molar-refractivity contribution in [3.63, 3.8) is 0 Å². The lowest BCUT2D eigenvalue weighted by Crippen LogP contribution is -2.29. The van der Waals surface area contributed by atoms with Gasteiger partial charge in [0.2, 0.25) is 0 Å². The standard InChI is InChI=1S/C52H30N4O10/c1-53-45(57)37-19-13-29(21-39(37)46(53)58)30-14-20-38-40(22-30)50(62)55(49(38)61)31-5-3-7-35(23-31)65-33-15-9-27(10-16-33)28-11-17-34(18-12-28)66-36-8-4-6-32(24-36)56-51(63)43-25-41-42(26-44(43)52(56)64)48(60)54(2)47(41)59/h3-26H,1-2H3. The van der Waals surface area contributed by atoms with Crippen LogP contribution in [0.3, 0.4) is 0 Å². The van der Waals surface area contributed by atoms with Crippen LogP contribution >= 0.6 is 0 Å². The highest BCUT2D eigenvalue weighted by Crippen LogP contribution is 2.36. The molecule has 2 aliphatic rings. The van der Waals surface area contributed by atoms with Crippen molar-refractivity contribution in [2.24, 2.45) is 7.05 Å². The SMILES string of the molecule is CN1C(=O)c2ccc(-c3ccc4c(c3)C(=O)N(c3cccc(Oc5ccc(-c6ccc(Oc7cccc(-n8c(=O)c9cc%10c(=O)n(C)c(=O)c%10cc9c8=O)c7)cc6)cc5)c3)C4=O)cc2C1=O. The minimum atomic E-state index is -0.612. The van der Waals surface area contributed by atoms with Gasteiger partial charge in [-0.05, 0) is 107 Å². The molecule has 2 aromatic heterocycles. The summed E-state index contributed by atoms with van der Waals surface area (Å²) in [6.07, 6.45) is 0. The largest absolute Gasteiger partial charge is 0.457 e. The molecule has 4 heterocycles. The number of nitrogens with zero attached hydrogens (tertiary/aromatic N) is 4. The maximum Gasteiger partial charge on any atom is 0.266 e. The van der Waals surface area contributed by atoms with Crippen LogP contribution in [0.15, 0.2) is 165 Å². The van der Waals surface area contributed by atoms with E-state index in [-0.39, 0.29) is 49.8 Å². The number of imide groups is 2. The quantitative estimate of drug-likeness (QED) is 0.140. The monoisotopic (exact) mass is 870 g/mol. The molecule has 318 valence electrons. The highest BCUT2D eigenvalue weighted by atomic mass is 16.5. The summed E-state index contributed by atoms with van der Waals surface area (Å²) in [7, 11) is 2.77. The van der Waals surface area contributed by atoms with E-state index in [1.807, 2.05) is 24.3 Å². The van der Waals surface area contributed by atoms with E-state index in [1.54, 1.807) is 109 Å². The van der Waals surface area contributed by atoms with Crippen molar-refractivity contribution in [1.29, 1.82) is 0 Å². The second-order valence-electron chi connectivity index (χ2n) is 15.9. The van der Waals surface area contributed by atoms with Crippen LogP contribution in [-0.2, 0) is 7.05 Å². The van der Waals surface area contributed by atoms with Gasteiger partial charge >= 0.3 is 0 Å². The Balaban J connectivity index is 0.768. The molecule has 66 heavy (non-hydrogen) atoms. The number of carbonyl (C=O) groups excluding carboxylic acids is 4. The van der Waals surface area contributed by atoms with Gasteiger partial charge in [-0.1, -0.05) is 48.5 Å². The first-order chi connectivity index (χ1) is 31.8. The van der Waals surface area contributed by atoms with Gasteiger partial charge in [0.15, 0.2) is 0 Å². The minimum absolute atomic E-state index is 0.0467. The topological polar surface area (TPSA) is 171 Å². The molecule has 0 unspecified atom stereocenters. The summed E-state index contributed by atoms with van der Waals surface area (Å²) < 4.78 is 14.2. The molecule has 0 saturated heterocycles. The van der Waals surface area contributed by atoms with Crippen LogP contribution in [0.2, 0.25) is 0 Å². The summed E-state index contributed by atoms with van der Waals surface area (Å²) in [6.45, 7) is 0. The predicted molar refractivity (Wildman–Crippen MR) is 245 cm³/mol. The van der Waals surface area contributed by atoms with Crippen LogP contribution in [0.25, 0.3) is 49.5 Å². The highest BCUT2D eigenvalue weighted by Gasteiger charge is 2.38. The van der Waals surface area contributed by atoms with Gasteiger partial charge in [-0.25, -0.2) is 9.47 Å². The lowest BCUT2D eigenvalue weighted by Gasteiger charge is -2.15. The highest BCUT2D eigenvalue weighted by molar-refractivity contribution is 6.34. The summed E-state index contributed by atoms with van der Waals surface area (Å²) in [5.74, 6) is 0.0157. The number of anilines is 1. The van der Waals surface area contributed by atoms with Crippen molar-refractivity contribution in [2.45, 2.75) is 0 Å². The van der Waals surface area contributed by atoms with Crippen molar-refractivity contribution in [3.05, 3.63) is 209 Å². The predicted octanol–water partition coefficient (Wildman–Crippen LogP) is 7.38. The second-order valence-corrected chi connectivity index (χ2v) is 15.9. The smallest absolute Gasteiger partial charge is 0.266 e. The van der Waals surface area contributed by atoms with E-state index >= 15 is 0 Å². The Morgan fingerprint density at radius 2 is 0.758 bits per heavy atom. The first kappa shape index (κ1) is 39.5. The van der Waals surface area contributed by atoms with Crippen molar-refractivity contribution in [1.82, 2.24) is 14.0 Å². The second kappa shape index (κ2) is 14.6. The summed E-state index contributed by atoms with van der Waals surface area (Å²) >= 11 is 0. The fourth-order valence-corrected chi connectivity index (χ4v) is 8.60. The molecule has 11 rings (SSSR count). The average molecular weight is 871 g/mol. The Hall–Kier alpha value is -9.30. The van der Waals surface area contributed by atoms with Gasteiger partial charge in [0.05, 0.1) is 55.2 Å². The van der Waals surface area contributed by atoms with Crippen LogP contribution < -0.4 is 36.6 Å². The zero-order valence-corrected chi connectivity index (χ0v) is 34.7. The number of ether oxygens (including phenoxy) is 2. The molecular formula is C52H30N4O10. The molecule has 9 aromatic rings. The number of hydrogen-bond acceptors (Lipinski definition) is 10. The van der Waals surface area contributed by atoms with Crippen molar-refractivity contribution in [3.8, 4) is 50.9 Å². The third kappa shape index (κ3) is 6.11. The van der Waals surface area contributed by atoms with Crippen LogP contribution in [-0.4, -0.2) is 44.7 Å². The molecule has 0 spiro atoms. The van der Waals surface area contributed by atoms with Crippen molar-refractivity contribution in [2.75, 3.05) is 11.9 Å². The lowest BCUT2D eigenvalue weighted by atomic mass is 9.97. The zero-order chi connectivity index (χ0) is 45.7. The van der Waals surface area contributed by atoms with E-state index in [4.69, 9.17) is 9.47 Å². The molecule has 0 N–H and O–H groups in total. The molecule has 0 aliphatic carbocycles. The van der Waals surface area contributed by atoms with Gasteiger partial charge in [-0.3, -0.25) is 47.8 Å².